The third-order valence-corrected chi connectivity index (χ3v) is 4.73. The van der Waals surface area contributed by atoms with Crippen LogP contribution in [-0.2, 0) is 14.8 Å². The van der Waals surface area contributed by atoms with Gasteiger partial charge in [0.1, 0.15) is 5.21 Å². The fourth-order valence-corrected chi connectivity index (χ4v) is 3.29. The fraction of sp³-hybridized carbons (Fsp3) is 1.00. The maximum absolute atomic E-state index is 11.6. The summed E-state index contributed by atoms with van der Waals surface area (Å²) in [6, 6.07) is -0.0301. The molecule has 0 spiro atoms. The third-order valence-electron chi connectivity index (χ3n) is 2.43. The first-order valence-electron chi connectivity index (χ1n) is 4.66. The highest BCUT2D eigenvalue weighted by Gasteiger charge is 2.31. The van der Waals surface area contributed by atoms with Gasteiger partial charge < -0.3 is 4.74 Å². The van der Waals surface area contributed by atoms with E-state index in [9.17, 15) is 8.42 Å². The summed E-state index contributed by atoms with van der Waals surface area (Å²) in [4.78, 5) is 0. The van der Waals surface area contributed by atoms with Crippen molar-refractivity contribution in [2.45, 2.75) is 25.3 Å². The molecule has 1 aliphatic heterocycles. The van der Waals surface area contributed by atoms with E-state index in [0.717, 1.165) is 19.3 Å². The lowest BCUT2D eigenvalue weighted by Crippen LogP contribution is -2.46. The fourth-order valence-electron chi connectivity index (χ4n) is 1.76. The van der Waals surface area contributed by atoms with Gasteiger partial charge in [-0.25, -0.2) is 8.42 Å². The molecule has 14 heavy (non-hydrogen) atoms. The van der Waals surface area contributed by atoms with Crippen LogP contribution in [0.2, 0.25) is 0 Å². The lowest BCUT2D eigenvalue weighted by Gasteiger charge is -2.33. The summed E-state index contributed by atoms with van der Waals surface area (Å²) in [5, 5.41) is -0.340. The van der Waals surface area contributed by atoms with Gasteiger partial charge in [-0.1, -0.05) is 6.42 Å². The Balaban J connectivity index is 2.72. The topological polar surface area (TPSA) is 46.6 Å². The zero-order valence-corrected chi connectivity index (χ0v) is 9.85. The van der Waals surface area contributed by atoms with Crippen LogP contribution < -0.4 is 0 Å². The lowest BCUT2D eigenvalue weighted by molar-refractivity contribution is 0.113. The molecule has 0 aromatic heterocycles. The summed E-state index contributed by atoms with van der Waals surface area (Å²) in [7, 11) is -1.69. The second kappa shape index (κ2) is 5.30. The zero-order chi connectivity index (χ0) is 10.6. The largest absolute Gasteiger partial charge is 0.383 e. The molecule has 0 radical (unpaired) electrons. The number of hydrogen-bond acceptors (Lipinski definition) is 3. The van der Waals surface area contributed by atoms with E-state index in [1.807, 2.05) is 0 Å². The molecule has 0 aromatic carbocycles. The average molecular weight is 242 g/mol. The molecular weight excluding hydrogens is 226 g/mol. The second-order valence-corrected chi connectivity index (χ2v) is 5.94. The highest BCUT2D eigenvalue weighted by molar-refractivity contribution is 7.90. The third kappa shape index (κ3) is 2.82. The molecule has 1 aliphatic rings. The molecule has 0 amide bonds. The number of piperidine rings is 1. The Morgan fingerprint density at radius 3 is 2.79 bits per heavy atom. The van der Waals surface area contributed by atoms with Crippen molar-refractivity contribution in [2.24, 2.45) is 0 Å². The van der Waals surface area contributed by atoms with Gasteiger partial charge in [-0.2, -0.15) is 4.31 Å². The van der Waals surface area contributed by atoms with Gasteiger partial charge in [0.05, 0.1) is 6.61 Å². The van der Waals surface area contributed by atoms with E-state index in [1.54, 1.807) is 7.11 Å². The summed E-state index contributed by atoms with van der Waals surface area (Å²) < 4.78 is 29.6. The molecule has 4 nitrogen and oxygen atoms in total. The molecule has 1 saturated heterocycles. The number of rotatable bonds is 4. The summed E-state index contributed by atoms with van der Waals surface area (Å²) in [6.45, 7) is 1.03. The summed E-state index contributed by atoms with van der Waals surface area (Å²) >= 11 is 5.42. The molecule has 1 heterocycles. The SMILES string of the molecule is COCC1CCCCN1S(=O)(=O)CCl. The van der Waals surface area contributed by atoms with Crippen molar-refractivity contribution in [2.75, 3.05) is 25.5 Å². The molecule has 0 saturated carbocycles. The number of nitrogens with zero attached hydrogens (tertiary/aromatic N) is 1. The molecule has 0 N–H and O–H groups in total. The van der Waals surface area contributed by atoms with Crippen molar-refractivity contribution in [1.82, 2.24) is 4.31 Å². The standard InChI is InChI=1S/C8H16ClNO3S/c1-13-6-8-4-2-3-5-10(8)14(11,12)7-9/h8H,2-7H2,1H3. The maximum atomic E-state index is 11.6. The number of methoxy groups -OCH3 is 1. The Morgan fingerprint density at radius 1 is 1.50 bits per heavy atom. The first kappa shape index (κ1) is 12.2. The van der Waals surface area contributed by atoms with Crippen LogP contribution in [0, 0.1) is 0 Å². The zero-order valence-electron chi connectivity index (χ0n) is 8.28. The normalized spacial score (nSPS) is 25.1. The van der Waals surface area contributed by atoms with E-state index in [-0.39, 0.29) is 11.3 Å². The van der Waals surface area contributed by atoms with E-state index in [1.165, 1.54) is 4.31 Å². The van der Waals surface area contributed by atoms with E-state index in [2.05, 4.69) is 0 Å². The number of alkyl halides is 1. The lowest BCUT2D eigenvalue weighted by atomic mass is 10.1. The van der Waals surface area contributed by atoms with Crippen molar-refractivity contribution in [3.63, 3.8) is 0 Å². The van der Waals surface area contributed by atoms with Crippen molar-refractivity contribution in [3.8, 4) is 0 Å². The van der Waals surface area contributed by atoms with Crippen LogP contribution in [0.15, 0.2) is 0 Å². The van der Waals surface area contributed by atoms with Crippen LogP contribution in [0.4, 0.5) is 0 Å². The Labute approximate surface area is 90.2 Å². The van der Waals surface area contributed by atoms with Crippen molar-refractivity contribution >= 4 is 21.6 Å². The van der Waals surface area contributed by atoms with Crippen LogP contribution in [0.5, 0.6) is 0 Å². The molecule has 1 rings (SSSR count). The number of halogens is 1. The highest BCUT2D eigenvalue weighted by Crippen LogP contribution is 2.21. The predicted molar refractivity (Wildman–Crippen MR) is 55.9 cm³/mol. The van der Waals surface area contributed by atoms with Crippen LogP contribution in [0.3, 0.4) is 0 Å². The van der Waals surface area contributed by atoms with Gasteiger partial charge in [-0.3, -0.25) is 0 Å². The molecule has 0 bridgehead atoms. The molecule has 84 valence electrons. The van der Waals surface area contributed by atoms with Gasteiger partial charge in [0.15, 0.2) is 0 Å². The quantitative estimate of drug-likeness (QED) is 0.691. The van der Waals surface area contributed by atoms with Crippen LogP contribution in [0.25, 0.3) is 0 Å². The average Bonchev–Trinajstić information content (AvgIpc) is 2.19. The molecule has 1 fully saturated rings. The van der Waals surface area contributed by atoms with E-state index < -0.39 is 10.0 Å². The maximum Gasteiger partial charge on any atom is 0.228 e. The van der Waals surface area contributed by atoms with Gasteiger partial charge in [0.25, 0.3) is 0 Å². The number of sulfonamides is 1. The number of ether oxygens (including phenoxy) is 1. The Hall–Kier alpha value is 0.160. The molecule has 0 aromatic rings. The van der Waals surface area contributed by atoms with Gasteiger partial charge in [-0.05, 0) is 12.8 Å². The highest BCUT2D eigenvalue weighted by atomic mass is 35.5. The van der Waals surface area contributed by atoms with Crippen LogP contribution in [-0.4, -0.2) is 44.2 Å². The predicted octanol–water partition coefficient (Wildman–Crippen LogP) is 1.01. The molecular formula is C8H16ClNO3S. The molecule has 6 heteroatoms. The van der Waals surface area contributed by atoms with Gasteiger partial charge in [0, 0.05) is 19.7 Å². The van der Waals surface area contributed by atoms with Crippen molar-refractivity contribution in [1.29, 1.82) is 0 Å². The molecule has 1 atom stereocenters. The van der Waals surface area contributed by atoms with Gasteiger partial charge in [-0.15, -0.1) is 11.6 Å². The summed E-state index contributed by atoms with van der Waals surface area (Å²) in [5.74, 6) is 0. The van der Waals surface area contributed by atoms with Crippen LogP contribution >= 0.6 is 11.6 Å². The van der Waals surface area contributed by atoms with Gasteiger partial charge in [0.2, 0.25) is 10.0 Å². The minimum Gasteiger partial charge on any atom is -0.383 e. The number of hydrogen-bond donors (Lipinski definition) is 0. The first-order valence-corrected chi connectivity index (χ1v) is 6.80. The van der Waals surface area contributed by atoms with Crippen LogP contribution in [0.1, 0.15) is 19.3 Å². The van der Waals surface area contributed by atoms with Crippen molar-refractivity contribution in [3.05, 3.63) is 0 Å². The Bertz CT molecular complexity index is 266. The van der Waals surface area contributed by atoms with Crippen molar-refractivity contribution < 1.29 is 13.2 Å². The monoisotopic (exact) mass is 241 g/mol. The molecule has 0 aliphatic carbocycles. The minimum absolute atomic E-state index is 0.0301. The van der Waals surface area contributed by atoms with E-state index >= 15 is 0 Å². The Morgan fingerprint density at radius 2 is 2.21 bits per heavy atom. The van der Waals surface area contributed by atoms with E-state index in [4.69, 9.17) is 16.3 Å². The molecule has 1 unspecified atom stereocenters. The first-order chi connectivity index (χ1) is 6.61. The minimum atomic E-state index is -3.27. The Kier molecular flexibility index (Phi) is 4.63. The smallest absolute Gasteiger partial charge is 0.228 e. The van der Waals surface area contributed by atoms with Gasteiger partial charge >= 0.3 is 0 Å². The van der Waals surface area contributed by atoms with E-state index in [0.29, 0.717) is 13.2 Å². The summed E-state index contributed by atoms with van der Waals surface area (Å²) in [5.41, 5.74) is 0. The second-order valence-electron chi connectivity index (χ2n) is 3.44. The summed E-state index contributed by atoms with van der Waals surface area (Å²) in [6.07, 6.45) is 2.84.